The highest BCUT2D eigenvalue weighted by Crippen LogP contribution is 2.27. The fourth-order valence-electron chi connectivity index (χ4n) is 1.38. The highest BCUT2D eigenvalue weighted by Gasteiger charge is 2.16. The van der Waals surface area contributed by atoms with Crippen molar-refractivity contribution in [2.45, 2.75) is 13.0 Å². The summed E-state index contributed by atoms with van der Waals surface area (Å²) in [4.78, 5) is 10.0. The summed E-state index contributed by atoms with van der Waals surface area (Å²) in [6, 6.07) is 0.173. The van der Waals surface area contributed by atoms with Crippen LogP contribution in [0.4, 0.5) is 11.5 Å². The van der Waals surface area contributed by atoms with Gasteiger partial charge in [0.05, 0.1) is 19.8 Å². The molecule has 6 nitrogen and oxygen atoms in total. The molecule has 1 atom stereocenters. The number of likely N-dealkylation sites (N-methyl/N-ethyl adjacent to an activating group) is 1. The first-order chi connectivity index (χ1) is 7.61. The fourth-order valence-corrected chi connectivity index (χ4v) is 1.38. The molecule has 0 saturated carbocycles. The number of nitrogens with two attached hydrogens (primary N) is 1. The van der Waals surface area contributed by atoms with Gasteiger partial charge in [-0.05, 0) is 6.92 Å². The molecule has 0 saturated heterocycles. The first kappa shape index (κ1) is 12.5. The van der Waals surface area contributed by atoms with E-state index in [1.165, 1.54) is 13.4 Å². The van der Waals surface area contributed by atoms with Crippen LogP contribution in [0.15, 0.2) is 6.33 Å². The Morgan fingerprint density at radius 3 is 2.69 bits per heavy atom. The molecule has 16 heavy (non-hydrogen) atoms. The molecule has 0 aliphatic heterocycles. The summed E-state index contributed by atoms with van der Waals surface area (Å²) in [6.07, 6.45) is 1.43. The van der Waals surface area contributed by atoms with Gasteiger partial charge in [-0.2, -0.15) is 4.98 Å². The van der Waals surface area contributed by atoms with Crippen LogP contribution in [0.1, 0.15) is 6.92 Å². The van der Waals surface area contributed by atoms with Crippen molar-refractivity contribution in [1.29, 1.82) is 0 Å². The summed E-state index contributed by atoms with van der Waals surface area (Å²) in [5, 5.41) is 0. The molecule has 0 fully saturated rings. The smallest absolute Gasteiger partial charge is 0.242 e. The third-order valence-electron chi connectivity index (χ3n) is 2.42. The number of nitrogen functional groups attached to an aromatic ring is 1. The number of anilines is 2. The van der Waals surface area contributed by atoms with E-state index in [-0.39, 0.29) is 6.04 Å². The van der Waals surface area contributed by atoms with E-state index < -0.39 is 0 Å². The monoisotopic (exact) mass is 226 g/mol. The van der Waals surface area contributed by atoms with Gasteiger partial charge in [0.15, 0.2) is 5.82 Å². The van der Waals surface area contributed by atoms with Gasteiger partial charge in [0.1, 0.15) is 12.0 Å². The maximum Gasteiger partial charge on any atom is 0.242 e. The average Bonchev–Trinajstić information content (AvgIpc) is 2.29. The van der Waals surface area contributed by atoms with E-state index in [2.05, 4.69) is 9.97 Å². The lowest BCUT2D eigenvalue weighted by Crippen LogP contribution is -2.33. The Labute approximate surface area is 95.4 Å². The fraction of sp³-hybridized carbons (Fsp3) is 0.600. The molecule has 2 N–H and O–H groups in total. The van der Waals surface area contributed by atoms with Crippen LogP contribution in [0.25, 0.3) is 0 Å². The van der Waals surface area contributed by atoms with Crippen LogP contribution in [0.3, 0.4) is 0 Å². The minimum absolute atomic E-state index is 0.173. The van der Waals surface area contributed by atoms with Crippen molar-refractivity contribution in [2.75, 3.05) is 38.5 Å². The Morgan fingerprint density at radius 1 is 1.44 bits per heavy atom. The van der Waals surface area contributed by atoms with E-state index in [9.17, 15) is 0 Å². The molecule has 0 radical (unpaired) electrons. The molecule has 1 heterocycles. The van der Waals surface area contributed by atoms with Gasteiger partial charge in [-0.1, -0.05) is 0 Å². The second-order valence-electron chi connectivity index (χ2n) is 3.54. The molecule has 1 rings (SSSR count). The largest absolute Gasteiger partial charge is 0.479 e. The summed E-state index contributed by atoms with van der Waals surface area (Å²) in [6.45, 7) is 2.62. The topological polar surface area (TPSA) is 73.5 Å². The third-order valence-corrected chi connectivity index (χ3v) is 2.42. The number of hydrogen-bond acceptors (Lipinski definition) is 6. The van der Waals surface area contributed by atoms with E-state index in [0.717, 1.165) is 0 Å². The second-order valence-corrected chi connectivity index (χ2v) is 3.54. The summed E-state index contributed by atoms with van der Waals surface area (Å²) in [5.74, 6) is 1.04. The molecule has 0 aliphatic rings. The van der Waals surface area contributed by atoms with Crippen LogP contribution in [-0.4, -0.2) is 43.9 Å². The SMILES string of the molecule is COCC(C)N(C)c1ncnc(OC)c1N. The molecule has 1 aromatic rings. The van der Waals surface area contributed by atoms with Crippen molar-refractivity contribution in [3.05, 3.63) is 6.33 Å². The molecule has 1 aromatic heterocycles. The zero-order chi connectivity index (χ0) is 12.1. The minimum atomic E-state index is 0.173. The van der Waals surface area contributed by atoms with Gasteiger partial charge >= 0.3 is 0 Å². The van der Waals surface area contributed by atoms with Gasteiger partial charge in [0, 0.05) is 14.2 Å². The summed E-state index contributed by atoms with van der Waals surface area (Å²) >= 11 is 0. The molecule has 0 aliphatic carbocycles. The standard InChI is InChI=1S/C10H18N4O2/c1-7(5-15-3)14(2)9-8(11)10(16-4)13-6-12-9/h6-7H,5,11H2,1-4H3. The lowest BCUT2D eigenvalue weighted by atomic mass is 10.3. The summed E-state index contributed by atoms with van der Waals surface area (Å²) in [5.41, 5.74) is 6.34. The van der Waals surface area contributed by atoms with Crippen molar-refractivity contribution >= 4 is 11.5 Å². The van der Waals surface area contributed by atoms with Crippen LogP contribution < -0.4 is 15.4 Å². The number of aromatic nitrogens is 2. The molecular weight excluding hydrogens is 208 g/mol. The van der Waals surface area contributed by atoms with Crippen LogP contribution in [-0.2, 0) is 4.74 Å². The molecule has 1 unspecified atom stereocenters. The van der Waals surface area contributed by atoms with E-state index in [1.54, 1.807) is 7.11 Å². The predicted molar refractivity (Wildman–Crippen MR) is 62.7 cm³/mol. The second kappa shape index (κ2) is 5.50. The summed E-state index contributed by atoms with van der Waals surface area (Å²) < 4.78 is 10.1. The molecule has 6 heteroatoms. The average molecular weight is 226 g/mol. The first-order valence-electron chi connectivity index (χ1n) is 4.98. The Bertz CT molecular complexity index is 346. The van der Waals surface area contributed by atoms with E-state index in [1.807, 2.05) is 18.9 Å². The van der Waals surface area contributed by atoms with Crippen LogP contribution in [0.2, 0.25) is 0 Å². The maximum atomic E-state index is 5.90. The third kappa shape index (κ3) is 2.52. The van der Waals surface area contributed by atoms with Crippen molar-refractivity contribution < 1.29 is 9.47 Å². The van der Waals surface area contributed by atoms with Crippen molar-refractivity contribution in [3.63, 3.8) is 0 Å². The Balaban J connectivity index is 2.94. The van der Waals surface area contributed by atoms with Gasteiger partial charge in [-0.15, -0.1) is 0 Å². The highest BCUT2D eigenvalue weighted by molar-refractivity contribution is 5.67. The first-order valence-corrected chi connectivity index (χ1v) is 4.98. The Kier molecular flexibility index (Phi) is 4.30. The number of rotatable bonds is 5. The van der Waals surface area contributed by atoms with Gasteiger partial charge < -0.3 is 20.1 Å². The number of ether oxygens (including phenoxy) is 2. The molecular formula is C10H18N4O2. The van der Waals surface area contributed by atoms with Crippen LogP contribution >= 0.6 is 0 Å². The van der Waals surface area contributed by atoms with Crippen LogP contribution in [0.5, 0.6) is 5.88 Å². The lowest BCUT2D eigenvalue weighted by Gasteiger charge is -2.26. The van der Waals surface area contributed by atoms with Crippen molar-refractivity contribution in [3.8, 4) is 5.88 Å². The molecule has 90 valence electrons. The normalized spacial score (nSPS) is 12.2. The minimum Gasteiger partial charge on any atom is -0.479 e. The van der Waals surface area contributed by atoms with Crippen LogP contribution in [0, 0.1) is 0 Å². The number of methoxy groups -OCH3 is 2. The quantitative estimate of drug-likeness (QED) is 0.790. The molecule has 0 bridgehead atoms. The highest BCUT2D eigenvalue weighted by atomic mass is 16.5. The molecule has 0 amide bonds. The van der Waals surface area contributed by atoms with Crippen molar-refractivity contribution in [1.82, 2.24) is 9.97 Å². The van der Waals surface area contributed by atoms with E-state index in [0.29, 0.717) is 24.0 Å². The van der Waals surface area contributed by atoms with E-state index in [4.69, 9.17) is 15.2 Å². The number of nitrogens with zero attached hydrogens (tertiary/aromatic N) is 3. The van der Waals surface area contributed by atoms with Gasteiger partial charge in [0.2, 0.25) is 5.88 Å². The summed E-state index contributed by atoms with van der Waals surface area (Å²) in [7, 11) is 5.09. The zero-order valence-electron chi connectivity index (χ0n) is 10.1. The van der Waals surface area contributed by atoms with Gasteiger partial charge in [-0.3, -0.25) is 0 Å². The Hall–Kier alpha value is -1.56. The predicted octanol–water partition coefficient (Wildman–Crippen LogP) is 0.539. The van der Waals surface area contributed by atoms with Gasteiger partial charge in [0.25, 0.3) is 0 Å². The lowest BCUT2D eigenvalue weighted by molar-refractivity contribution is 0.183. The zero-order valence-corrected chi connectivity index (χ0v) is 10.1. The number of hydrogen-bond donors (Lipinski definition) is 1. The van der Waals surface area contributed by atoms with Gasteiger partial charge in [-0.25, -0.2) is 4.98 Å². The Morgan fingerprint density at radius 2 is 2.12 bits per heavy atom. The van der Waals surface area contributed by atoms with E-state index >= 15 is 0 Å². The molecule has 0 aromatic carbocycles. The van der Waals surface area contributed by atoms with Crippen molar-refractivity contribution in [2.24, 2.45) is 0 Å². The maximum absolute atomic E-state index is 5.90. The molecule has 0 spiro atoms.